The van der Waals surface area contributed by atoms with Gasteiger partial charge >= 0.3 is 0 Å². The van der Waals surface area contributed by atoms with Gasteiger partial charge in [0.15, 0.2) is 0 Å². The monoisotopic (exact) mass is 156 g/mol. The average Bonchev–Trinajstić information content (AvgIpc) is 2.26. The lowest BCUT2D eigenvalue weighted by molar-refractivity contribution is 0.182. The van der Waals surface area contributed by atoms with E-state index < -0.39 is 0 Å². The van der Waals surface area contributed by atoms with E-state index in [-0.39, 0.29) is 12.1 Å². The molecule has 1 heterocycles. The predicted octanol–water partition coefficient (Wildman–Crippen LogP) is 0.362. The van der Waals surface area contributed by atoms with Gasteiger partial charge in [-0.15, -0.1) is 0 Å². The zero-order chi connectivity index (χ0) is 8.27. The van der Waals surface area contributed by atoms with Crippen LogP contribution in [-0.2, 0) is 0 Å². The highest BCUT2D eigenvalue weighted by Crippen LogP contribution is 2.15. The molecule has 0 amide bonds. The van der Waals surface area contributed by atoms with Crippen molar-refractivity contribution in [1.82, 2.24) is 4.90 Å². The van der Waals surface area contributed by atoms with Crippen molar-refractivity contribution in [3.63, 3.8) is 0 Å². The molecule has 0 aromatic rings. The number of β-amino-alcohol motifs (C(OH)–C–C–N with tert-alkyl or cyclic N) is 1. The van der Waals surface area contributed by atoms with Crippen molar-refractivity contribution in [3.05, 3.63) is 10.4 Å². The van der Waals surface area contributed by atoms with Crippen LogP contribution in [0.3, 0.4) is 0 Å². The van der Waals surface area contributed by atoms with E-state index in [1.54, 1.807) is 0 Å². The van der Waals surface area contributed by atoms with Crippen LogP contribution in [0.1, 0.15) is 6.42 Å². The summed E-state index contributed by atoms with van der Waals surface area (Å²) in [7, 11) is 1.92. The van der Waals surface area contributed by atoms with Crippen molar-refractivity contribution >= 4 is 0 Å². The van der Waals surface area contributed by atoms with Crippen LogP contribution in [0.4, 0.5) is 0 Å². The summed E-state index contributed by atoms with van der Waals surface area (Å²) in [6.45, 7) is 1.15. The van der Waals surface area contributed by atoms with E-state index in [4.69, 9.17) is 5.53 Å². The first-order chi connectivity index (χ1) is 5.24. The molecule has 62 valence electrons. The zero-order valence-corrected chi connectivity index (χ0v) is 6.51. The Kier molecular flexibility index (Phi) is 2.70. The first-order valence-electron chi connectivity index (χ1n) is 3.63. The molecular weight excluding hydrogens is 144 g/mol. The zero-order valence-electron chi connectivity index (χ0n) is 6.51. The lowest BCUT2D eigenvalue weighted by Gasteiger charge is -2.15. The summed E-state index contributed by atoms with van der Waals surface area (Å²) in [5.41, 5.74) is 8.06. The van der Waals surface area contributed by atoms with Crippen LogP contribution in [0.15, 0.2) is 5.11 Å². The summed E-state index contributed by atoms with van der Waals surface area (Å²) < 4.78 is 0. The van der Waals surface area contributed by atoms with E-state index in [2.05, 4.69) is 10.0 Å². The maximum absolute atomic E-state index is 9.19. The Morgan fingerprint density at radius 3 is 3.00 bits per heavy atom. The van der Waals surface area contributed by atoms with Gasteiger partial charge in [0.1, 0.15) is 0 Å². The Hall–Kier alpha value is -0.770. The average molecular weight is 156 g/mol. The van der Waals surface area contributed by atoms with E-state index in [1.807, 2.05) is 11.9 Å². The maximum atomic E-state index is 9.19. The first kappa shape index (κ1) is 8.33. The molecule has 11 heavy (non-hydrogen) atoms. The molecule has 5 nitrogen and oxygen atoms in total. The summed E-state index contributed by atoms with van der Waals surface area (Å²) in [6, 6.07) is 0.223. The molecule has 0 bridgehead atoms. The predicted molar refractivity (Wildman–Crippen MR) is 41.1 cm³/mol. The van der Waals surface area contributed by atoms with Crippen molar-refractivity contribution in [2.24, 2.45) is 5.11 Å². The normalized spacial score (nSPS) is 31.8. The van der Waals surface area contributed by atoms with Crippen LogP contribution >= 0.6 is 0 Å². The Balaban J connectivity index is 2.40. The maximum Gasteiger partial charge on any atom is 0.0682 e. The summed E-state index contributed by atoms with van der Waals surface area (Å²) in [6.07, 6.45) is 0.467. The highest BCUT2D eigenvalue weighted by Gasteiger charge is 2.26. The van der Waals surface area contributed by atoms with Crippen LogP contribution in [0, 0.1) is 0 Å². The highest BCUT2D eigenvalue weighted by molar-refractivity contribution is 4.84. The third-order valence-corrected chi connectivity index (χ3v) is 2.02. The number of nitrogens with zero attached hydrogens (tertiary/aromatic N) is 4. The standard InChI is InChI=1S/C6H12N4O/c1-10-4-6(11)2-5(10)3-8-9-7/h5-6,11H,2-4H2,1H3. The van der Waals surface area contributed by atoms with Gasteiger partial charge in [-0.25, -0.2) is 0 Å². The Bertz CT molecular complexity index is 177. The number of hydrogen-bond acceptors (Lipinski definition) is 3. The molecule has 1 aliphatic heterocycles. The molecule has 0 aromatic carbocycles. The van der Waals surface area contributed by atoms with Gasteiger partial charge < -0.3 is 10.0 Å². The second-order valence-electron chi connectivity index (χ2n) is 2.90. The van der Waals surface area contributed by atoms with Crippen molar-refractivity contribution in [2.75, 3.05) is 20.1 Å². The van der Waals surface area contributed by atoms with E-state index >= 15 is 0 Å². The molecular formula is C6H12N4O. The highest BCUT2D eigenvalue weighted by atomic mass is 16.3. The number of aliphatic hydroxyl groups is 1. The fourth-order valence-electron chi connectivity index (χ4n) is 1.39. The lowest BCUT2D eigenvalue weighted by atomic mass is 10.2. The Labute approximate surface area is 65.2 Å². The summed E-state index contributed by atoms with van der Waals surface area (Å²) in [4.78, 5) is 4.69. The third-order valence-electron chi connectivity index (χ3n) is 2.02. The third kappa shape index (κ3) is 2.08. The molecule has 0 saturated carbocycles. The topological polar surface area (TPSA) is 72.2 Å². The second-order valence-corrected chi connectivity index (χ2v) is 2.90. The van der Waals surface area contributed by atoms with Crippen LogP contribution in [0.25, 0.3) is 10.4 Å². The van der Waals surface area contributed by atoms with Crippen LogP contribution in [0.5, 0.6) is 0 Å². The Morgan fingerprint density at radius 1 is 1.82 bits per heavy atom. The minimum atomic E-state index is -0.251. The molecule has 1 saturated heterocycles. The molecule has 0 spiro atoms. The van der Waals surface area contributed by atoms with Crippen molar-refractivity contribution in [3.8, 4) is 0 Å². The van der Waals surface area contributed by atoms with E-state index in [0.29, 0.717) is 13.1 Å². The van der Waals surface area contributed by atoms with Gasteiger partial charge in [-0.05, 0) is 19.0 Å². The fourth-order valence-corrected chi connectivity index (χ4v) is 1.39. The van der Waals surface area contributed by atoms with Gasteiger partial charge in [0.2, 0.25) is 0 Å². The van der Waals surface area contributed by atoms with Gasteiger partial charge in [0.05, 0.1) is 6.10 Å². The molecule has 2 unspecified atom stereocenters. The summed E-state index contributed by atoms with van der Waals surface area (Å²) >= 11 is 0. The molecule has 1 fully saturated rings. The molecule has 0 aliphatic carbocycles. The van der Waals surface area contributed by atoms with Crippen LogP contribution in [-0.4, -0.2) is 42.3 Å². The van der Waals surface area contributed by atoms with Gasteiger partial charge in [-0.3, -0.25) is 0 Å². The number of rotatable bonds is 2. The number of hydrogen-bond donors (Lipinski definition) is 1. The lowest BCUT2D eigenvalue weighted by Crippen LogP contribution is -2.27. The van der Waals surface area contributed by atoms with Crippen LogP contribution < -0.4 is 0 Å². The van der Waals surface area contributed by atoms with E-state index in [9.17, 15) is 5.11 Å². The van der Waals surface area contributed by atoms with Crippen LogP contribution in [0.2, 0.25) is 0 Å². The van der Waals surface area contributed by atoms with Crippen molar-refractivity contribution in [1.29, 1.82) is 0 Å². The molecule has 2 atom stereocenters. The quantitative estimate of drug-likeness (QED) is 0.356. The number of likely N-dealkylation sites (tertiary alicyclic amines) is 1. The molecule has 1 N–H and O–H groups in total. The smallest absolute Gasteiger partial charge is 0.0682 e. The minimum absolute atomic E-state index is 0.223. The molecule has 1 rings (SSSR count). The number of azide groups is 1. The Morgan fingerprint density at radius 2 is 2.55 bits per heavy atom. The molecule has 5 heteroatoms. The fraction of sp³-hybridized carbons (Fsp3) is 1.00. The molecule has 0 aromatic heterocycles. The van der Waals surface area contributed by atoms with Gasteiger partial charge in [0.25, 0.3) is 0 Å². The van der Waals surface area contributed by atoms with Gasteiger partial charge in [-0.1, -0.05) is 5.11 Å². The summed E-state index contributed by atoms with van der Waals surface area (Å²) in [5, 5.41) is 12.7. The summed E-state index contributed by atoms with van der Waals surface area (Å²) in [5.74, 6) is 0. The largest absolute Gasteiger partial charge is 0.392 e. The molecule has 1 aliphatic rings. The molecule has 0 radical (unpaired) electrons. The van der Waals surface area contributed by atoms with E-state index in [1.165, 1.54) is 0 Å². The van der Waals surface area contributed by atoms with Gasteiger partial charge in [0, 0.05) is 24.0 Å². The van der Waals surface area contributed by atoms with Crippen molar-refractivity contribution < 1.29 is 5.11 Å². The van der Waals surface area contributed by atoms with E-state index in [0.717, 1.165) is 6.42 Å². The number of likely N-dealkylation sites (N-methyl/N-ethyl adjacent to an activating group) is 1. The van der Waals surface area contributed by atoms with Gasteiger partial charge in [-0.2, -0.15) is 0 Å². The minimum Gasteiger partial charge on any atom is -0.392 e. The van der Waals surface area contributed by atoms with Crippen molar-refractivity contribution in [2.45, 2.75) is 18.6 Å². The second kappa shape index (κ2) is 3.57. The number of aliphatic hydroxyl groups excluding tert-OH is 1. The SMILES string of the molecule is CN1CC(O)CC1CN=[N+]=[N-]. The first-order valence-corrected chi connectivity index (χ1v) is 3.63.